The van der Waals surface area contributed by atoms with Gasteiger partial charge in [0.25, 0.3) is 5.91 Å². The van der Waals surface area contributed by atoms with Crippen molar-refractivity contribution in [3.8, 4) is 0 Å². The Morgan fingerprint density at radius 1 is 1.30 bits per heavy atom. The molecule has 1 fully saturated rings. The average molecular weight is 311 g/mol. The van der Waals surface area contributed by atoms with Crippen LogP contribution in [0.25, 0.3) is 0 Å². The molecule has 1 aliphatic carbocycles. The van der Waals surface area contributed by atoms with Gasteiger partial charge in [-0.1, -0.05) is 30.3 Å². The molecule has 2 aromatic rings. The summed E-state index contributed by atoms with van der Waals surface area (Å²) in [6.45, 7) is 3.16. The minimum absolute atomic E-state index is 0.0288. The second-order valence-electron chi connectivity index (χ2n) is 6.42. The number of H-pyrrole nitrogens is 1. The van der Waals surface area contributed by atoms with Crippen LogP contribution in [-0.2, 0) is 17.6 Å². The third-order valence-corrected chi connectivity index (χ3v) is 4.87. The van der Waals surface area contributed by atoms with Crippen LogP contribution in [-0.4, -0.2) is 40.2 Å². The lowest BCUT2D eigenvalue weighted by Crippen LogP contribution is -2.48. The van der Waals surface area contributed by atoms with E-state index in [2.05, 4.69) is 22.3 Å². The average Bonchev–Trinajstić information content (AvgIpc) is 3.19. The van der Waals surface area contributed by atoms with Crippen molar-refractivity contribution in [3.63, 3.8) is 0 Å². The molecule has 2 atom stereocenters. The molecule has 1 aromatic carbocycles. The number of carbonyl (C=O) groups excluding carboxylic acids is 1. The fourth-order valence-corrected chi connectivity index (χ4v) is 3.54. The standard InChI is InChI=1S/C18H21N3O2/c1-12-11-23-16(13-6-3-2-4-7-13)10-21(12)18(22)17-14-8-5-9-15(14)19-20-17/h2-4,6-7,12,16H,5,8-11H2,1H3,(H,19,20)/t12-,16-/m1/s1. The first kappa shape index (κ1) is 14.5. The minimum atomic E-state index is -0.0664. The van der Waals surface area contributed by atoms with Gasteiger partial charge >= 0.3 is 0 Å². The molecule has 1 saturated heterocycles. The van der Waals surface area contributed by atoms with E-state index < -0.39 is 0 Å². The van der Waals surface area contributed by atoms with E-state index in [1.165, 1.54) is 0 Å². The summed E-state index contributed by atoms with van der Waals surface area (Å²) < 4.78 is 5.94. The summed E-state index contributed by atoms with van der Waals surface area (Å²) >= 11 is 0. The highest BCUT2D eigenvalue weighted by Crippen LogP contribution is 2.28. The van der Waals surface area contributed by atoms with Crippen LogP contribution in [0.15, 0.2) is 30.3 Å². The van der Waals surface area contributed by atoms with Crippen LogP contribution >= 0.6 is 0 Å². The maximum Gasteiger partial charge on any atom is 0.275 e. The van der Waals surface area contributed by atoms with Gasteiger partial charge in [-0.15, -0.1) is 0 Å². The van der Waals surface area contributed by atoms with E-state index in [1.807, 2.05) is 30.0 Å². The summed E-state index contributed by atoms with van der Waals surface area (Å²) in [6, 6.07) is 10.2. The number of hydrogen-bond acceptors (Lipinski definition) is 3. The fourth-order valence-electron chi connectivity index (χ4n) is 3.54. The molecule has 2 heterocycles. The molecule has 0 spiro atoms. The molecule has 0 unspecified atom stereocenters. The van der Waals surface area contributed by atoms with Gasteiger partial charge in [0.1, 0.15) is 6.10 Å². The first-order valence-corrected chi connectivity index (χ1v) is 8.27. The lowest BCUT2D eigenvalue weighted by Gasteiger charge is -2.38. The number of fused-ring (bicyclic) bond motifs is 1. The molecule has 0 radical (unpaired) electrons. The van der Waals surface area contributed by atoms with Crippen LogP contribution in [0.2, 0.25) is 0 Å². The van der Waals surface area contributed by atoms with E-state index in [1.54, 1.807) is 0 Å². The second kappa shape index (κ2) is 5.81. The molecular formula is C18H21N3O2. The van der Waals surface area contributed by atoms with E-state index in [-0.39, 0.29) is 18.1 Å². The second-order valence-corrected chi connectivity index (χ2v) is 6.42. The number of amides is 1. The van der Waals surface area contributed by atoms with Gasteiger partial charge in [0, 0.05) is 11.3 Å². The van der Waals surface area contributed by atoms with Crippen LogP contribution in [0.5, 0.6) is 0 Å². The van der Waals surface area contributed by atoms with Crippen molar-refractivity contribution in [2.24, 2.45) is 0 Å². The van der Waals surface area contributed by atoms with Crippen molar-refractivity contribution in [2.45, 2.75) is 38.3 Å². The molecule has 5 heteroatoms. The van der Waals surface area contributed by atoms with E-state index in [0.29, 0.717) is 18.8 Å². The Balaban J connectivity index is 1.58. The zero-order valence-electron chi connectivity index (χ0n) is 13.3. The monoisotopic (exact) mass is 311 g/mol. The number of aryl methyl sites for hydroxylation is 1. The number of carbonyl (C=O) groups is 1. The van der Waals surface area contributed by atoms with Crippen LogP contribution in [0.1, 0.15) is 46.8 Å². The summed E-state index contributed by atoms with van der Waals surface area (Å²) in [5.74, 6) is 0.0288. The minimum Gasteiger partial charge on any atom is -0.370 e. The zero-order valence-corrected chi connectivity index (χ0v) is 13.3. The maximum absolute atomic E-state index is 13.0. The number of hydrogen-bond donors (Lipinski definition) is 1. The van der Waals surface area contributed by atoms with Crippen molar-refractivity contribution in [1.82, 2.24) is 15.1 Å². The van der Waals surface area contributed by atoms with Gasteiger partial charge in [-0.2, -0.15) is 5.10 Å². The Labute approximate surface area is 135 Å². The van der Waals surface area contributed by atoms with Crippen LogP contribution < -0.4 is 0 Å². The molecule has 0 bridgehead atoms. The van der Waals surface area contributed by atoms with E-state index in [0.717, 1.165) is 36.1 Å². The lowest BCUT2D eigenvalue weighted by atomic mass is 10.0. The highest BCUT2D eigenvalue weighted by molar-refractivity contribution is 5.94. The molecular weight excluding hydrogens is 290 g/mol. The number of nitrogens with one attached hydrogen (secondary N) is 1. The van der Waals surface area contributed by atoms with Crippen LogP contribution in [0, 0.1) is 0 Å². The third kappa shape index (κ3) is 2.55. The largest absolute Gasteiger partial charge is 0.370 e. The van der Waals surface area contributed by atoms with Gasteiger partial charge < -0.3 is 9.64 Å². The van der Waals surface area contributed by atoms with Gasteiger partial charge in [0.05, 0.1) is 19.2 Å². The van der Waals surface area contributed by atoms with Crippen molar-refractivity contribution in [3.05, 3.63) is 52.8 Å². The topological polar surface area (TPSA) is 58.2 Å². The van der Waals surface area contributed by atoms with Crippen LogP contribution in [0.4, 0.5) is 0 Å². The van der Waals surface area contributed by atoms with Crippen LogP contribution in [0.3, 0.4) is 0 Å². The van der Waals surface area contributed by atoms with Gasteiger partial charge in [-0.25, -0.2) is 0 Å². The highest BCUT2D eigenvalue weighted by atomic mass is 16.5. The number of aromatic nitrogens is 2. The summed E-state index contributed by atoms with van der Waals surface area (Å²) in [5.41, 5.74) is 3.97. The Morgan fingerprint density at radius 2 is 2.13 bits per heavy atom. The predicted octanol–water partition coefficient (Wildman–Crippen LogP) is 2.50. The van der Waals surface area contributed by atoms with E-state index in [9.17, 15) is 4.79 Å². The number of aromatic amines is 1. The Hall–Kier alpha value is -2.14. The molecule has 2 aliphatic rings. The van der Waals surface area contributed by atoms with E-state index in [4.69, 9.17) is 4.74 Å². The van der Waals surface area contributed by atoms with Crippen molar-refractivity contribution in [2.75, 3.05) is 13.2 Å². The quantitative estimate of drug-likeness (QED) is 0.927. The molecule has 1 aliphatic heterocycles. The van der Waals surface area contributed by atoms with Crippen molar-refractivity contribution in [1.29, 1.82) is 0 Å². The molecule has 5 nitrogen and oxygen atoms in total. The lowest BCUT2D eigenvalue weighted by molar-refractivity contribution is -0.0488. The molecule has 0 saturated carbocycles. The van der Waals surface area contributed by atoms with Gasteiger partial charge in [0.15, 0.2) is 5.69 Å². The summed E-state index contributed by atoms with van der Waals surface area (Å²) in [4.78, 5) is 14.9. The highest BCUT2D eigenvalue weighted by Gasteiger charge is 2.34. The van der Waals surface area contributed by atoms with Gasteiger partial charge in [-0.3, -0.25) is 9.89 Å². The first-order chi connectivity index (χ1) is 11.2. The number of ether oxygens (including phenoxy) is 1. The molecule has 23 heavy (non-hydrogen) atoms. The predicted molar refractivity (Wildman–Crippen MR) is 86.2 cm³/mol. The molecule has 1 N–H and O–H groups in total. The Morgan fingerprint density at radius 3 is 2.96 bits per heavy atom. The summed E-state index contributed by atoms with van der Waals surface area (Å²) in [5, 5.41) is 7.32. The Kier molecular flexibility index (Phi) is 3.65. The normalized spacial score (nSPS) is 23.8. The van der Waals surface area contributed by atoms with Crippen molar-refractivity contribution < 1.29 is 9.53 Å². The number of morpholine rings is 1. The Bertz CT molecular complexity index is 710. The maximum atomic E-state index is 13.0. The SMILES string of the molecule is C[C@@H]1CO[C@@H](c2ccccc2)CN1C(=O)c1n[nH]c2c1CCC2. The summed E-state index contributed by atoms with van der Waals surface area (Å²) in [7, 11) is 0. The van der Waals surface area contributed by atoms with Crippen molar-refractivity contribution >= 4 is 5.91 Å². The smallest absolute Gasteiger partial charge is 0.275 e. The van der Waals surface area contributed by atoms with Gasteiger partial charge in [-0.05, 0) is 31.7 Å². The summed E-state index contributed by atoms with van der Waals surface area (Å²) in [6.07, 6.45) is 2.99. The zero-order chi connectivity index (χ0) is 15.8. The molecule has 1 amide bonds. The third-order valence-electron chi connectivity index (χ3n) is 4.87. The number of benzene rings is 1. The number of rotatable bonds is 2. The molecule has 4 rings (SSSR count). The first-order valence-electron chi connectivity index (χ1n) is 8.27. The fraction of sp³-hybridized carbons (Fsp3) is 0.444. The van der Waals surface area contributed by atoms with E-state index >= 15 is 0 Å². The molecule has 120 valence electrons. The number of nitrogens with zero attached hydrogens (tertiary/aromatic N) is 2. The molecule has 1 aromatic heterocycles. The van der Waals surface area contributed by atoms with Gasteiger partial charge in [0.2, 0.25) is 0 Å².